The predicted octanol–water partition coefficient (Wildman–Crippen LogP) is 4.95. The molecule has 4 aromatic rings. The molecular weight excluding hydrogens is 453 g/mol. The quantitative estimate of drug-likeness (QED) is 0.335. The van der Waals surface area contributed by atoms with Gasteiger partial charge in [-0.3, -0.25) is 9.59 Å². The van der Waals surface area contributed by atoms with E-state index in [0.29, 0.717) is 30.1 Å². The molecule has 0 saturated heterocycles. The standard InChI is InChI=1S/C26H24FN3O3S/c1-33-21-11-9-18(10-12-21)26(32)28-13-14-30-16-24(22-7-2-3-8-23(22)30)34-17-25(31)29-20-6-4-5-19(27)15-20/h2-12,15-16H,13-14,17H2,1H3,(H,28,32)(H,29,31). The number of halogens is 1. The number of aromatic nitrogens is 1. The second-order valence-corrected chi connectivity index (χ2v) is 8.55. The van der Waals surface area contributed by atoms with Gasteiger partial charge in [0.15, 0.2) is 0 Å². The number of thioether (sulfide) groups is 1. The predicted molar refractivity (Wildman–Crippen MR) is 133 cm³/mol. The van der Waals surface area contributed by atoms with E-state index in [1.807, 2.05) is 30.5 Å². The first kappa shape index (κ1) is 23.4. The average molecular weight is 478 g/mol. The van der Waals surface area contributed by atoms with Crippen LogP contribution in [0, 0.1) is 5.82 Å². The number of ether oxygens (including phenoxy) is 1. The van der Waals surface area contributed by atoms with E-state index >= 15 is 0 Å². The first-order valence-corrected chi connectivity index (χ1v) is 11.7. The van der Waals surface area contributed by atoms with Crippen LogP contribution in [-0.2, 0) is 11.3 Å². The molecule has 0 saturated carbocycles. The highest BCUT2D eigenvalue weighted by molar-refractivity contribution is 8.00. The Kier molecular flexibility index (Phi) is 7.49. The molecule has 0 aliphatic rings. The average Bonchev–Trinajstić information content (AvgIpc) is 3.20. The minimum absolute atomic E-state index is 0.150. The maximum atomic E-state index is 13.3. The summed E-state index contributed by atoms with van der Waals surface area (Å²) >= 11 is 1.42. The zero-order valence-electron chi connectivity index (χ0n) is 18.6. The number of hydrogen-bond acceptors (Lipinski definition) is 4. The van der Waals surface area contributed by atoms with E-state index in [1.54, 1.807) is 43.5 Å². The molecule has 1 heterocycles. The lowest BCUT2D eigenvalue weighted by atomic mass is 10.2. The fourth-order valence-electron chi connectivity index (χ4n) is 3.55. The van der Waals surface area contributed by atoms with Crippen molar-refractivity contribution in [3.63, 3.8) is 0 Å². The number of hydrogen-bond donors (Lipinski definition) is 2. The van der Waals surface area contributed by atoms with Crippen LogP contribution in [0.1, 0.15) is 10.4 Å². The second-order valence-electron chi connectivity index (χ2n) is 7.54. The third-order valence-corrected chi connectivity index (χ3v) is 6.25. The van der Waals surface area contributed by atoms with Crippen molar-refractivity contribution in [2.75, 3.05) is 24.7 Å². The second kappa shape index (κ2) is 10.9. The van der Waals surface area contributed by atoms with Crippen LogP contribution < -0.4 is 15.4 Å². The van der Waals surface area contributed by atoms with E-state index in [0.717, 1.165) is 15.8 Å². The fourth-order valence-corrected chi connectivity index (χ4v) is 4.44. The van der Waals surface area contributed by atoms with Gasteiger partial charge in [0.25, 0.3) is 5.91 Å². The maximum Gasteiger partial charge on any atom is 0.251 e. The summed E-state index contributed by atoms with van der Waals surface area (Å²) in [4.78, 5) is 25.7. The van der Waals surface area contributed by atoms with Gasteiger partial charge in [-0.25, -0.2) is 4.39 Å². The Morgan fingerprint density at radius 1 is 1.03 bits per heavy atom. The highest BCUT2D eigenvalue weighted by Crippen LogP contribution is 2.30. The maximum absolute atomic E-state index is 13.3. The number of benzene rings is 3. The Morgan fingerprint density at radius 3 is 2.59 bits per heavy atom. The minimum Gasteiger partial charge on any atom is -0.497 e. The van der Waals surface area contributed by atoms with Crippen molar-refractivity contribution < 1.29 is 18.7 Å². The Morgan fingerprint density at radius 2 is 1.82 bits per heavy atom. The summed E-state index contributed by atoms with van der Waals surface area (Å²) < 4.78 is 20.5. The third kappa shape index (κ3) is 5.77. The third-order valence-electron chi connectivity index (χ3n) is 5.21. The highest BCUT2D eigenvalue weighted by Gasteiger charge is 2.12. The summed E-state index contributed by atoms with van der Waals surface area (Å²) in [6.45, 7) is 1.03. The lowest BCUT2D eigenvalue weighted by molar-refractivity contribution is -0.113. The molecule has 0 radical (unpaired) electrons. The van der Waals surface area contributed by atoms with Crippen molar-refractivity contribution in [2.45, 2.75) is 11.4 Å². The van der Waals surface area contributed by atoms with Gasteiger partial charge in [0.1, 0.15) is 11.6 Å². The number of para-hydroxylation sites is 1. The molecule has 0 fully saturated rings. The Balaban J connectivity index is 1.37. The largest absolute Gasteiger partial charge is 0.497 e. The molecule has 6 nitrogen and oxygen atoms in total. The number of rotatable bonds is 9. The number of carbonyl (C=O) groups excluding carboxylic acids is 2. The Labute approximate surface area is 201 Å². The van der Waals surface area contributed by atoms with Gasteiger partial charge in [0, 0.05) is 46.3 Å². The molecule has 3 aromatic carbocycles. The summed E-state index contributed by atoms with van der Waals surface area (Å²) in [6.07, 6.45) is 1.99. The lowest BCUT2D eigenvalue weighted by Gasteiger charge is -2.08. The van der Waals surface area contributed by atoms with E-state index < -0.39 is 5.82 Å². The fraction of sp³-hybridized carbons (Fsp3) is 0.154. The van der Waals surface area contributed by atoms with E-state index in [-0.39, 0.29) is 17.6 Å². The molecule has 0 spiro atoms. The molecule has 2 amide bonds. The van der Waals surface area contributed by atoms with Crippen LogP contribution in [0.25, 0.3) is 10.9 Å². The van der Waals surface area contributed by atoms with Gasteiger partial charge in [-0.1, -0.05) is 24.3 Å². The summed E-state index contributed by atoms with van der Waals surface area (Å²) in [7, 11) is 1.58. The van der Waals surface area contributed by atoms with Gasteiger partial charge in [0.2, 0.25) is 5.91 Å². The zero-order chi connectivity index (χ0) is 23.9. The molecular formula is C26H24FN3O3S. The lowest BCUT2D eigenvalue weighted by Crippen LogP contribution is -2.27. The number of nitrogens with one attached hydrogen (secondary N) is 2. The van der Waals surface area contributed by atoms with Crippen molar-refractivity contribution in [3.8, 4) is 5.75 Å². The Hall–Kier alpha value is -3.78. The van der Waals surface area contributed by atoms with Crippen molar-refractivity contribution >= 4 is 40.2 Å². The Bertz CT molecular complexity index is 1300. The topological polar surface area (TPSA) is 72.4 Å². The van der Waals surface area contributed by atoms with Crippen LogP contribution in [0.4, 0.5) is 10.1 Å². The summed E-state index contributed by atoms with van der Waals surface area (Å²) in [6, 6.07) is 20.7. The van der Waals surface area contributed by atoms with Crippen LogP contribution in [0.5, 0.6) is 5.75 Å². The van der Waals surface area contributed by atoms with Gasteiger partial charge in [-0.05, 0) is 48.5 Å². The molecule has 34 heavy (non-hydrogen) atoms. The minimum atomic E-state index is -0.396. The van der Waals surface area contributed by atoms with E-state index in [1.165, 1.54) is 23.9 Å². The SMILES string of the molecule is COc1ccc(C(=O)NCCn2cc(SCC(=O)Nc3cccc(F)c3)c3ccccc32)cc1. The zero-order valence-corrected chi connectivity index (χ0v) is 19.4. The number of anilines is 1. The molecule has 4 rings (SSSR count). The van der Waals surface area contributed by atoms with Crippen molar-refractivity contribution in [1.29, 1.82) is 0 Å². The normalized spacial score (nSPS) is 10.8. The number of fused-ring (bicyclic) bond motifs is 1. The molecule has 0 aliphatic carbocycles. The van der Waals surface area contributed by atoms with Gasteiger partial charge < -0.3 is 19.9 Å². The van der Waals surface area contributed by atoms with Crippen molar-refractivity contribution in [2.24, 2.45) is 0 Å². The van der Waals surface area contributed by atoms with E-state index in [2.05, 4.69) is 15.2 Å². The monoisotopic (exact) mass is 477 g/mol. The van der Waals surface area contributed by atoms with Crippen molar-refractivity contribution in [3.05, 3.63) is 90.4 Å². The molecule has 8 heteroatoms. The van der Waals surface area contributed by atoms with Crippen LogP contribution >= 0.6 is 11.8 Å². The molecule has 0 bridgehead atoms. The van der Waals surface area contributed by atoms with Crippen LogP contribution in [0.15, 0.2) is 83.9 Å². The first-order chi connectivity index (χ1) is 16.5. The summed E-state index contributed by atoms with van der Waals surface area (Å²) in [5.74, 6) is 0.137. The summed E-state index contributed by atoms with van der Waals surface area (Å²) in [5.41, 5.74) is 2.02. The van der Waals surface area contributed by atoms with Gasteiger partial charge in [-0.2, -0.15) is 0 Å². The smallest absolute Gasteiger partial charge is 0.251 e. The van der Waals surface area contributed by atoms with Gasteiger partial charge in [-0.15, -0.1) is 11.8 Å². The molecule has 2 N–H and O–H groups in total. The molecule has 0 atom stereocenters. The van der Waals surface area contributed by atoms with Crippen molar-refractivity contribution in [1.82, 2.24) is 9.88 Å². The number of methoxy groups -OCH3 is 1. The van der Waals surface area contributed by atoms with Crippen LogP contribution in [0.2, 0.25) is 0 Å². The number of amides is 2. The number of nitrogens with zero attached hydrogens (tertiary/aromatic N) is 1. The van der Waals surface area contributed by atoms with Gasteiger partial charge in [0.05, 0.1) is 12.9 Å². The van der Waals surface area contributed by atoms with Crippen LogP contribution in [0.3, 0.4) is 0 Å². The molecule has 0 unspecified atom stereocenters. The molecule has 0 aliphatic heterocycles. The first-order valence-electron chi connectivity index (χ1n) is 10.7. The van der Waals surface area contributed by atoms with Gasteiger partial charge >= 0.3 is 0 Å². The molecule has 174 valence electrons. The highest BCUT2D eigenvalue weighted by atomic mass is 32.2. The van der Waals surface area contributed by atoms with E-state index in [9.17, 15) is 14.0 Å². The summed E-state index contributed by atoms with van der Waals surface area (Å²) in [5, 5.41) is 6.69. The van der Waals surface area contributed by atoms with Crippen LogP contribution in [-0.4, -0.2) is 35.8 Å². The van der Waals surface area contributed by atoms with E-state index in [4.69, 9.17) is 4.74 Å². The molecule has 1 aromatic heterocycles. The number of carbonyl (C=O) groups is 2.